The van der Waals surface area contributed by atoms with Crippen LogP contribution in [0, 0.1) is 5.92 Å². The number of nitrogens with one attached hydrogen (secondary N) is 1. The number of aromatic nitrogens is 4. The fourth-order valence-electron chi connectivity index (χ4n) is 3.92. The van der Waals surface area contributed by atoms with Crippen LogP contribution in [0.25, 0.3) is 11.0 Å². The molecule has 1 aliphatic heterocycles. The Morgan fingerprint density at radius 1 is 1.25 bits per heavy atom. The van der Waals surface area contributed by atoms with Gasteiger partial charge in [0.1, 0.15) is 5.52 Å². The summed E-state index contributed by atoms with van der Waals surface area (Å²) < 4.78 is 29.6. The smallest absolute Gasteiger partial charge is 0.243 e. The average molecular weight is 457 g/mol. The van der Waals surface area contributed by atoms with Gasteiger partial charge in [0.2, 0.25) is 15.9 Å². The summed E-state index contributed by atoms with van der Waals surface area (Å²) in [6.45, 7) is 5.16. The number of pyridine rings is 1. The first-order valence-electron chi connectivity index (χ1n) is 10.9. The fourth-order valence-corrected chi connectivity index (χ4v) is 5.41. The summed E-state index contributed by atoms with van der Waals surface area (Å²) in [5.74, 6) is -0.245. The summed E-state index contributed by atoms with van der Waals surface area (Å²) in [4.78, 5) is 16.8. The van der Waals surface area contributed by atoms with Gasteiger partial charge in [-0.1, -0.05) is 18.2 Å². The number of rotatable bonds is 7. The number of hydrogen-bond donors (Lipinski definition) is 1. The molecule has 3 heterocycles. The van der Waals surface area contributed by atoms with Crippen molar-refractivity contribution in [1.29, 1.82) is 0 Å². The van der Waals surface area contributed by atoms with Crippen LogP contribution < -0.4 is 5.32 Å². The first kappa shape index (κ1) is 22.3. The van der Waals surface area contributed by atoms with Crippen molar-refractivity contribution in [2.75, 3.05) is 13.1 Å². The molecule has 1 N–H and O–H groups in total. The molecule has 0 saturated carbocycles. The zero-order valence-corrected chi connectivity index (χ0v) is 19.1. The number of amides is 1. The van der Waals surface area contributed by atoms with Crippen molar-refractivity contribution in [3.05, 3.63) is 48.3 Å². The Morgan fingerprint density at radius 2 is 2.03 bits per heavy atom. The molecule has 0 bridgehead atoms. The van der Waals surface area contributed by atoms with Crippen LogP contribution in [0.15, 0.2) is 47.6 Å². The van der Waals surface area contributed by atoms with Gasteiger partial charge in [-0.2, -0.15) is 4.31 Å². The third-order valence-corrected chi connectivity index (χ3v) is 8.00. The number of nitrogens with zero attached hydrogens (tertiary/aromatic N) is 5. The highest BCUT2D eigenvalue weighted by atomic mass is 32.2. The van der Waals surface area contributed by atoms with Crippen molar-refractivity contribution in [3.8, 4) is 0 Å². The third kappa shape index (κ3) is 4.51. The van der Waals surface area contributed by atoms with E-state index in [1.54, 1.807) is 30.6 Å². The van der Waals surface area contributed by atoms with Gasteiger partial charge in [-0.3, -0.25) is 9.78 Å². The number of carbonyl (C=O) groups is 1. The number of piperidine rings is 1. The molecule has 0 radical (unpaired) electrons. The molecule has 0 aliphatic carbocycles. The molecule has 0 spiro atoms. The fraction of sp³-hybridized carbons (Fsp3) is 0.455. The second-order valence-electron chi connectivity index (χ2n) is 8.20. The summed E-state index contributed by atoms with van der Waals surface area (Å²) >= 11 is 0. The third-order valence-electron chi connectivity index (χ3n) is 6.10. The molecule has 1 fully saturated rings. The highest BCUT2D eigenvalue weighted by Crippen LogP contribution is 2.27. The lowest BCUT2D eigenvalue weighted by Crippen LogP contribution is -2.42. The summed E-state index contributed by atoms with van der Waals surface area (Å²) in [6, 6.07) is 8.89. The van der Waals surface area contributed by atoms with Crippen molar-refractivity contribution in [2.45, 2.75) is 50.6 Å². The molecule has 32 heavy (non-hydrogen) atoms. The molecule has 1 aromatic carbocycles. The van der Waals surface area contributed by atoms with Crippen LogP contribution in [0.4, 0.5) is 0 Å². The Bertz CT molecular complexity index is 1190. The molecule has 1 unspecified atom stereocenters. The van der Waals surface area contributed by atoms with Crippen LogP contribution in [0.5, 0.6) is 0 Å². The summed E-state index contributed by atoms with van der Waals surface area (Å²) in [7, 11) is -3.66. The van der Waals surface area contributed by atoms with E-state index in [1.807, 2.05) is 16.8 Å². The summed E-state index contributed by atoms with van der Waals surface area (Å²) in [5, 5.41) is 11.3. The molecule has 2 aromatic heterocycles. The van der Waals surface area contributed by atoms with Crippen LogP contribution in [-0.2, 0) is 21.4 Å². The number of hydrogen-bond acceptors (Lipinski definition) is 6. The molecule has 1 aliphatic rings. The highest BCUT2D eigenvalue weighted by Gasteiger charge is 2.32. The first-order chi connectivity index (χ1) is 15.4. The molecule has 1 amide bonds. The first-order valence-corrected chi connectivity index (χ1v) is 12.4. The number of carbonyl (C=O) groups excluding carboxylic acids is 1. The van der Waals surface area contributed by atoms with E-state index in [9.17, 15) is 13.2 Å². The largest absolute Gasteiger partial charge is 0.352 e. The zero-order valence-electron chi connectivity index (χ0n) is 18.3. The monoisotopic (exact) mass is 456 g/mol. The zero-order chi connectivity index (χ0) is 22.7. The van der Waals surface area contributed by atoms with Gasteiger partial charge in [0, 0.05) is 37.9 Å². The van der Waals surface area contributed by atoms with Gasteiger partial charge in [0.15, 0.2) is 0 Å². The normalized spacial score (nSPS) is 16.8. The topological polar surface area (TPSA) is 110 Å². The SMILES string of the molecule is CCC(C)n1nnc2cc(S(=O)(=O)N3CCC(C(=O)NCc4cccnc4)CC3)ccc21. The van der Waals surface area contributed by atoms with Crippen LogP contribution >= 0.6 is 0 Å². The van der Waals surface area contributed by atoms with Crippen molar-refractivity contribution < 1.29 is 13.2 Å². The lowest BCUT2D eigenvalue weighted by molar-refractivity contribution is -0.126. The number of sulfonamides is 1. The molecular formula is C22H28N6O3S. The highest BCUT2D eigenvalue weighted by molar-refractivity contribution is 7.89. The van der Waals surface area contributed by atoms with Crippen molar-refractivity contribution in [1.82, 2.24) is 29.6 Å². The molecular weight excluding hydrogens is 428 g/mol. The number of benzene rings is 1. The predicted molar refractivity (Wildman–Crippen MR) is 120 cm³/mol. The Balaban J connectivity index is 1.39. The van der Waals surface area contributed by atoms with Crippen LogP contribution in [0.3, 0.4) is 0 Å². The maximum absolute atomic E-state index is 13.2. The summed E-state index contributed by atoms with van der Waals surface area (Å²) in [5.41, 5.74) is 2.32. The standard InChI is InChI=1S/C22H28N6O3S/c1-3-16(2)28-21-7-6-19(13-20(21)25-26-28)32(30,31)27-11-8-18(9-12-27)22(29)24-15-17-5-4-10-23-14-17/h4-7,10,13-14,16,18H,3,8-9,11-12,15H2,1-2H3,(H,24,29). The molecule has 170 valence electrons. The lowest BCUT2D eigenvalue weighted by atomic mass is 9.97. The summed E-state index contributed by atoms with van der Waals surface area (Å²) in [6.07, 6.45) is 5.29. The van der Waals surface area contributed by atoms with Gasteiger partial charge in [-0.05, 0) is 56.0 Å². The Morgan fingerprint density at radius 3 is 2.72 bits per heavy atom. The minimum absolute atomic E-state index is 0.0472. The van der Waals surface area contributed by atoms with Gasteiger partial charge in [0.25, 0.3) is 0 Å². The Kier molecular flexibility index (Phi) is 6.52. The van der Waals surface area contributed by atoms with Gasteiger partial charge in [-0.25, -0.2) is 13.1 Å². The van der Waals surface area contributed by atoms with E-state index in [0.717, 1.165) is 17.5 Å². The lowest BCUT2D eigenvalue weighted by Gasteiger charge is -2.30. The molecule has 9 nitrogen and oxygen atoms in total. The van der Waals surface area contributed by atoms with E-state index in [0.29, 0.717) is 38.0 Å². The van der Waals surface area contributed by atoms with Gasteiger partial charge in [0.05, 0.1) is 16.5 Å². The second kappa shape index (κ2) is 9.33. The predicted octanol–water partition coefficient (Wildman–Crippen LogP) is 2.51. The molecule has 3 aromatic rings. The van der Waals surface area contributed by atoms with Crippen molar-refractivity contribution in [2.24, 2.45) is 5.92 Å². The van der Waals surface area contributed by atoms with Gasteiger partial charge >= 0.3 is 0 Å². The average Bonchev–Trinajstić information content (AvgIpc) is 3.26. The molecule has 10 heteroatoms. The van der Waals surface area contributed by atoms with Crippen LogP contribution in [-0.4, -0.2) is 51.7 Å². The van der Waals surface area contributed by atoms with E-state index >= 15 is 0 Å². The molecule has 4 rings (SSSR count). The van der Waals surface area contributed by atoms with E-state index in [2.05, 4.69) is 34.5 Å². The van der Waals surface area contributed by atoms with Crippen molar-refractivity contribution in [3.63, 3.8) is 0 Å². The number of fused-ring (bicyclic) bond motifs is 1. The van der Waals surface area contributed by atoms with E-state index in [1.165, 1.54) is 4.31 Å². The van der Waals surface area contributed by atoms with Crippen molar-refractivity contribution >= 4 is 27.0 Å². The quantitative estimate of drug-likeness (QED) is 0.585. The Labute approximate surface area is 187 Å². The van der Waals surface area contributed by atoms with E-state index in [4.69, 9.17) is 0 Å². The van der Waals surface area contributed by atoms with Crippen LogP contribution in [0.1, 0.15) is 44.7 Å². The molecule has 1 atom stereocenters. The maximum Gasteiger partial charge on any atom is 0.243 e. The maximum atomic E-state index is 13.2. The van der Waals surface area contributed by atoms with Crippen LogP contribution in [0.2, 0.25) is 0 Å². The van der Waals surface area contributed by atoms with E-state index < -0.39 is 10.0 Å². The van der Waals surface area contributed by atoms with E-state index in [-0.39, 0.29) is 22.8 Å². The minimum atomic E-state index is -3.66. The molecule has 1 saturated heterocycles. The van der Waals surface area contributed by atoms with Gasteiger partial charge in [-0.15, -0.1) is 5.10 Å². The van der Waals surface area contributed by atoms with Gasteiger partial charge < -0.3 is 5.32 Å². The Hall–Kier alpha value is -2.85. The second-order valence-corrected chi connectivity index (χ2v) is 10.1. The minimum Gasteiger partial charge on any atom is -0.352 e.